The van der Waals surface area contributed by atoms with Gasteiger partial charge in [-0.1, -0.05) is 17.9 Å². The summed E-state index contributed by atoms with van der Waals surface area (Å²) in [7, 11) is 1.92. The topological polar surface area (TPSA) is 36.9 Å². The average Bonchev–Trinajstić information content (AvgIpc) is 3.45. The molecule has 1 aliphatic carbocycles. The highest BCUT2D eigenvalue weighted by atomic mass is 19.4. The van der Waals surface area contributed by atoms with E-state index < -0.39 is 11.7 Å². The van der Waals surface area contributed by atoms with Crippen LogP contribution in [0.25, 0.3) is 0 Å². The first-order valence-corrected chi connectivity index (χ1v) is 9.13. The molecule has 0 amide bonds. The summed E-state index contributed by atoms with van der Waals surface area (Å²) >= 11 is 0. The van der Waals surface area contributed by atoms with Gasteiger partial charge in [0.2, 0.25) is 0 Å². The van der Waals surface area contributed by atoms with Gasteiger partial charge in [0.05, 0.1) is 12.2 Å². The van der Waals surface area contributed by atoms with Crippen molar-refractivity contribution in [3.8, 4) is 11.8 Å². The molecule has 0 saturated heterocycles. The van der Waals surface area contributed by atoms with Gasteiger partial charge in [-0.05, 0) is 43.9 Å². The third-order valence-electron chi connectivity index (χ3n) is 4.05. The van der Waals surface area contributed by atoms with Gasteiger partial charge in [-0.15, -0.1) is 0 Å². The standard InChI is InChI=1S/C20H26F3N3O/c1-3-24-19(26(2)12-13-27-15-17-9-10-17)25-11-5-7-16-6-4-8-18(14-16)20(21,22)23/h4,6,8,14,17H,3,9-13,15H2,1-2H3,(H,24,25). The molecule has 0 atom stereocenters. The van der Waals surface area contributed by atoms with Gasteiger partial charge in [0, 0.05) is 32.3 Å². The quantitative estimate of drug-likeness (QED) is 0.341. The predicted molar refractivity (Wildman–Crippen MR) is 100 cm³/mol. The summed E-state index contributed by atoms with van der Waals surface area (Å²) < 4.78 is 43.8. The second-order valence-electron chi connectivity index (χ2n) is 6.49. The van der Waals surface area contributed by atoms with Crippen molar-refractivity contribution in [2.75, 3.05) is 39.9 Å². The van der Waals surface area contributed by atoms with E-state index in [9.17, 15) is 13.2 Å². The van der Waals surface area contributed by atoms with E-state index >= 15 is 0 Å². The highest BCUT2D eigenvalue weighted by Crippen LogP contribution is 2.29. The Morgan fingerprint density at radius 3 is 2.81 bits per heavy atom. The third kappa shape index (κ3) is 7.92. The number of benzene rings is 1. The van der Waals surface area contributed by atoms with Gasteiger partial charge in [-0.3, -0.25) is 0 Å². The minimum Gasteiger partial charge on any atom is -0.379 e. The van der Waals surface area contributed by atoms with E-state index in [0.717, 1.165) is 24.7 Å². The lowest BCUT2D eigenvalue weighted by Crippen LogP contribution is -2.40. The normalized spacial score (nSPS) is 14.5. The highest BCUT2D eigenvalue weighted by molar-refractivity contribution is 5.79. The van der Waals surface area contributed by atoms with Crippen LogP contribution in [0, 0.1) is 17.8 Å². The number of nitrogens with zero attached hydrogens (tertiary/aromatic N) is 2. The van der Waals surface area contributed by atoms with Gasteiger partial charge >= 0.3 is 6.18 Å². The molecule has 7 heteroatoms. The first kappa shape index (κ1) is 21.1. The number of guanidine groups is 1. The van der Waals surface area contributed by atoms with Crippen LogP contribution in [0.4, 0.5) is 13.2 Å². The van der Waals surface area contributed by atoms with E-state index in [4.69, 9.17) is 4.74 Å². The van der Waals surface area contributed by atoms with E-state index in [2.05, 4.69) is 22.2 Å². The predicted octanol–water partition coefficient (Wildman–Crippen LogP) is 3.38. The summed E-state index contributed by atoms with van der Waals surface area (Å²) in [6.45, 7) is 5.05. The third-order valence-corrected chi connectivity index (χ3v) is 4.05. The molecular formula is C20H26F3N3O. The Kier molecular flexibility index (Phi) is 7.99. The molecule has 0 heterocycles. The number of halogens is 3. The molecule has 1 aromatic rings. The van der Waals surface area contributed by atoms with Crippen LogP contribution >= 0.6 is 0 Å². The van der Waals surface area contributed by atoms with Gasteiger partial charge in [0.25, 0.3) is 0 Å². The Morgan fingerprint density at radius 2 is 2.15 bits per heavy atom. The van der Waals surface area contributed by atoms with Crippen molar-refractivity contribution in [2.45, 2.75) is 25.9 Å². The Morgan fingerprint density at radius 1 is 1.37 bits per heavy atom. The summed E-state index contributed by atoms with van der Waals surface area (Å²) in [5.41, 5.74) is -0.371. The summed E-state index contributed by atoms with van der Waals surface area (Å²) in [5, 5.41) is 3.18. The first-order valence-electron chi connectivity index (χ1n) is 9.13. The largest absolute Gasteiger partial charge is 0.416 e. The molecule has 4 nitrogen and oxygen atoms in total. The number of rotatable bonds is 7. The lowest BCUT2D eigenvalue weighted by Gasteiger charge is -2.21. The number of hydrogen-bond donors (Lipinski definition) is 1. The summed E-state index contributed by atoms with van der Waals surface area (Å²) in [6.07, 6.45) is -1.83. The number of nitrogens with one attached hydrogen (secondary N) is 1. The number of alkyl halides is 3. The molecule has 0 spiro atoms. The fourth-order valence-electron chi connectivity index (χ4n) is 2.34. The fraction of sp³-hybridized carbons (Fsp3) is 0.550. The van der Waals surface area contributed by atoms with Gasteiger partial charge in [-0.25, -0.2) is 4.99 Å². The fourth-order valence-corrected chi connectivity index (χ4v) is 2.34. The Labute approximate surface area is 158 Å². The molecule has 0 unspecified atom stereocenters. The van der Waals surface area contributed by atoms with Crippen molar-refractivity contribution in [3.63, 3.8) is 0 Å². The maximum atomic E-state index is 12.7. The van der Waals surface area contributed by atoms with Gasteiger partial charge in [-0.2, -0.15) is 13.2 Å². The Balaban J connectivity index is 1.87. The van der Waals surface area contributed by atoms with Crippen molar-refractivity contribution < 1.29 is 17.9 Å². The minimum atomic E-state index is -4.36. The van der Waals surface area contributed by atoms with Crippen LogP contribution in [0.15, 0.2) is 29.3 Å². The monoisotopic (exact) mass is 381 g/mol. The van der Waals surface area contributed by atoms with Crippen molar-refractivity contribution in [3.05, 3.63) is 35.4 Å². The molecule has 27 heavy (non-hydrogen) atoms. The molecule has 1 N–H and O–H groups in total. The molecule has 0 aliphatic heterocycles. The SMILES string of the molecule is CCNC(=NCC#Cc1cccc(C(F)(F)F)c1)N(C)CCOCC1CC1. The highest BCUT2D eigenvalue weighted by Gasteiger charge is 2.30. The maximum Gasteiger partial charge on any atom is 0.416 e. The number of hydrogen-bond acceptors (Lipinski definition) is 2. The lowest BCUT2D eigenvalue weighted by molar-refractivity contribution is -0.137. The molecular weight excluding hydrogens is 355 g/mol. The number of ether oxygens (including phenoxy) is 1. The molecule has 0 aromatic heterocycles. The van der Waals surface area contributed by atoms with Crippen LogP contribution in [0.2, 0.25) is 0 Å². The maximum absolute atomic E-state index is 12.7. The van der Waals surface area contributed by atoms with Crippen LogP contribution in [-0.4, -0.2) is 50.8 Å². The number of aliphatic imine (C=N–C) groups is 1. The summed E-state index contributed by atoms with van der Waals surface area (Å²) in [6, 6.07) is 4.99. The zero-order valence-electron chi connectivity index (χ0n) is 15.8. The van der Waals surface area contributed by atoms with E-state index in [-0.39, 0.29) is 6.54 Å². The molecule has 0 bridgehead atoms. The summed E-state index contributed by atoms with van der Waals surface area (Å²) in [4.78, 5) is 6.37. The van der Waals surface area contributed by atoms with Crippen LogP contribution < -0.4 is 5.32 Å². The average molecular weight is 381 g/mol. The van der Waals surface area contributed by atoms with Crippen LogP contribution in [0.5, 0.6) is 0 Å². The lowest BCUT2D eigenvalue weighted by atomic mass is 10.1. The Bertz CT molecular complexity index is 688. The van der Waals surface area contributed by atoms with Crippen molar-refractivity contribution in [2.24, 2.45) is 10.9 Å². The van der Waals surface area contributed by atoms with E-state index in [0.29, 0.717) is 31.2 Å². The zero-order chi connectivity index (χ0) is 19.7. The van der Waals surface area contributed by atoms with Gasteiger partial charge in [0.15, 0.2) is 5.96 Å². The van der Waals surface area contributed by atoms with Crippen LogP contribution in [-0.2, 0) is 10.9 Å². The molecule has 0 radical (unpaired) electrons. The Hall–Kier alpha value is -2.20. The van der Waals surface area contributed by atoms with E-state index in [1.165, 1.54) is 18.9 Å². The molecule has 148 valence electrons. The number of likely N-dealkylation sites (N-methyl/N-ethyl adjacent to an activating group) is 1. The first-order chi connectivity index (χ1) is 12.9. The van der Waals surface area contributed by atoms with Crippen molar-refractivity contribution in [1.29, 1.82) is 0 Å². The van der Waals surface area contributed by atoms with Crippen molar-refractivity contribution >= 4 is 5.96 Å². The molecule has 1 fully saturated rings. The second kappa shape index (κ2) is 10.2. The molecule has 1 aliphatic rings. The summed E-state index contributed by atoms with van der Waals surface area (Å²) in [5.74, 6) is 6.99. The zero-order valence-corrected chi connectivity index (χ0v) is 15.8. The van der Waals surface area contributed by atoms with Gasteiger partial charge < -0.3 is 15.0 Å². The van der Waals surface area contributed by atoms with Crippen molar-refractivity contribution in [1.82, 2.24) is 10.2 Å². The van der Waals surface area contributed by atoms with E-state index in [1.54, 1.807) is 6.07 Å². The molecule has 2 rings (SSSR count). The minimum absolute atomic E-state index is 0.200. The van der Waals surface area contributed by atoms with Crippen LogP contribution in [0.1, 0.15) is 30.9 Å². The second-order valence-corrected chi connectivity index (χ2v) is 6.49. The van der Waals surface area contributed by atoms with Gasteiger partial charge in [0.1, 0.15) is 6.54 Å². The molecule has 1 saturated carbocycles. The molecule has 1 aromatic carbocycles. The van der Waals surface area contributed by atoms with E-state index in [1.807, 2.05) is 18.9 Å². The smallest absolute Gasteiger partial charge is 0.379 e. The van der Waals surface area contributed by atoms with Crippen LogP contribution in [0.3, 0.4) is 0 Å².